The van der Waals surface area contributed by atoms with Crippen molar-refractivity contribution in [2.75, 3.05) is 18.9 Å². The molecule has 0 bridgehead atoms. The Morgan fingerprint density at radius 1 is 1.11 bits per heavy atom. The van der Waals surface area contributed by atoms with Crippen LogP contribution in [-0.2, 0) is 4.79 Å². The maximum absolute atomic E-state index is 11.5. The summed E-state index contributed by atoms with van der Waals surface area (Å²) in [5.41, 5.74) is 1.17. The van der Waals surface area contributed by atoms with Gasteiger partial charge in [-0.05, 0) is 31.2 Å². The largest absolute Gasteiger partial charge is 0.359 e. The Balaban J connectivity index is 2.40. The number of hydrogen-bond donors (Lipinski definition) is 3. The average molecular weight is 263 g/mol. The van der Waals surface area contributed by atoms with Gasteiger partial charge < -0.3 is 16.0 Å². The van der Waals surface area contributed by atoms with Crippen LogP contribution in [0.3, 0.4) is 0 Å². The molecule has 0 spiro atoms. The van der Waals surface area contributed by atoms with Gasteiger partial charge in [-0.1, -0.05) is 0 Å². The molecule has 3 N–H and O–H groups in total. The van der Waals surface area contributed by atoms with Crippen LogP contribution in [0, 0.1) is 0 Å². The van der Waals surface area contributed by atoms with Gasteiger partial charge >= 0.3 is 6.03 Å². The molecule has 3 amide bonds. The highest BCUT2D eigenvalue weighted by Gasteiger charge is 2.04. The first-order valence-electron chi connectivity index (χ1n) is 5.89. The van der Waals surface area contributed by atoms with E-state index in [9.17, 15) is 14.4 Å². The molecular formula is C13H17N3O3. The minimum Gasteiger partial charge on any atom is -0.359 e. The van der Waals surface area contributed by atoms with Crippen LogP contribution in [0.4, 0.5) is 10.5 Å². The van der Waals surface area contributed by atoms with Crippen molar-refractivity contribution >= 4 is 23.4 Å². The summed E-state index contributed by atoms with van der Waals surface area (Å²) in [5, 5.41) is 7.63. The second-order valence-corrected chi connectivity index (χ2v) is 3.94. The summed E-state index contributed by atoms with van der Waals surface area (Å²) in [5.74, 6) is -0.160. The van der Waals surface area contributed by atoms with Gasteiger partial charge in [-0.2, -0.15) is 0 Å². The number of ketones is 1. The highest BCUT2D eigenvalue weighted by Crippen LogP contribution is 2.09. The zero-order valence-corrected chi connectivity index (χ0v) is 10.9. The van der Waals surface area contributed by atoms with E-state index in [1.165, 1.54) is 6.92 Å². The Labute approximate surface area is 111 Å². The number of hydrogen-bond acceptors (Lipinski definition) is 3. The van der Waals surface area contributed by atoms with Crippen molar-refractivity contribution in [1.29, 1.82) is 0 Å². The van der Waals surface area contributed by atoms with E-state index in [0.29, 0.717) is 11.3 Å². The Kier molecular flexibility index (Phi) is 5.53. The van der Waals surface area contributed by atoms with E-state index in [1.54, 1.807) is 31.3 Å². The molecule has 0 aromatic heterocycles. The Morgan fingerprint density at radius 3 is 2.26 bits per heavy atom. The zero-order chi connectivity index (χ0) is 14.3. The van der Waals surface area contributed by atoms with Crippen molar-refractivity contribution < 1.29 is 14.4 Å². The summed E-state index contributed by atoms with van der Waals surface area (Å²) in [6, 6.07) is 6.19. The number of Topliss-reactive ketones (excluding diaryl/α,β-unsaturated/α-hetero) is 1. The molecule has 0 heterocycles. The number of anilines is 1. The molecule has 1 aromatic rings. The number of nitrogens with one attached hydrogen (secondary N) is 3. The van der Waals surface area contributed by atoms with E-state index in [4.69, 9.17) is 0 Å². The fourth-order valence-electron chi connectivity index (χ4n) is 1.38. The second kappa shape index (κ2) is 7.15. The van der Waals surface area contributed by atoms with Gasteiger partial charge in [0.15, 0.2) is 5.78 Å². The Bertz CT molecular complexity index is 469. The molecule has 19 heavy (non-hydrogen) atoms. The quantitative estimate of drug-likeness (QED) is 0.696. The van der Waals surface area contributed by atoms with Gasteiger partial charge in [0, 0.05) is 31.3 Å². The summed E-state index contributed by atoms with van der Waals surface area (Å²) in [6.45, 7) is 1.74. The topological polar surface area (TPSA) is 87.3 Å². The predicted molar refractivity (Wildman–Crippen MR) is 72.2 cm³/mol. The van der Waals surface area contributed by atoms with E-state index in [0.717, 1.165) is 0 Å². The molecule has 0 unspecified atom stereocenters. The van der Waals surface area contributed by atoms with E-state index >= 15 is 0 Å². The third-order valence-electron chi connectivity index (χ3n) is 2.47. The SMILES string of the molecule is CNC(=O)CCNC(=O)Nc1ccc(C(C)=O)cc1. The lowest BCUT2D eigenvalue weighted by atomic mass is 10.1. The Hall–Kier alpha value is -2.37. The monoisotopic (exact) mass is 263 g/mol. The average Bonchev–Trinajstić information content (AvgIpc) is 2.39. The van der Waals surface area contributed by atoms with E-state index in [2.05, 4.69) is 16.0 Å². The van der Waals surface area contributed by atoms with Crippen LogP contribution < -0.4 is 16.0 Å². The van der Waals surface area contributed by atoms with E-state index in [-0.39, 0.29) is 30.7 Å². The smallest absolute Gasteiger partial charge is 0.319 e. The number of amides is 3. The fraction of sp³-hybridized carbons (Fsp3) is 0.308. The van der Waals surface area contributed by atoms with Gasteiger partial charge in [0.05, 0.1) is 0 Å². The molecule has 0 radical (unpaired) electrons. The summed E-state index contributed by atoms with van der Waals surface area (Å²) in [7, 11) is 1.54. The minimum atomic E-state index is -0.389. The standard InChI is InChI=1S/C13H17N3O3/c1-9(17)10-3-5-11(6-4-10)16-13(19)15-8-7-12(18)14-2/h3-6H,7-8H2,1-2H3,(H,14,18)(H2,15,16,19). The lowest BCUT2D eigenvalue weighted by Gasteiger charge is -2.07. The molecule has 0 fully saturated rings. The normalized spacial score (nSPS) is 9.58. The van der Waals surface area contributed by atoms with Crippen LogP contribution in [0.1, 0.15) is 23.7 Å². The summed E-state index contributed by atoms with van der Waals surface area (Å²) in [6.07, 6.45) is 0.229. The molecule has 0 atom stereocenters. The Morgan fingerprint density at radius 2 is 1.74 bits per heavy atom. The molecule has 102 valence electrons. The first-order chi connectivity index (χ1) is 9.02. The molecule has 1 rings (SSSR count). The van der Waals surface area contributed by atoms with Gasteiger partial charge in [-0.15, -0.1) is 0 Å². The number of carbonyl (C=O) groups is 3. The number of benzene rings is 1. The van der Waals surface area contributed by atoms with Crippen molar-refractivity contribution in [3.05, 3.63) is 29.8 Å². The molecule has 0 aliphatic heterocycles. The minimum absolute atomic E-state index is 0.0263. The second-order valence-electron chi connectivity index (χ2n) is 3.94. The summed E-state index contributed by atoms with van der Waals surface area (Å²) < 4.78 is 0. The first-order valence-corrected chi connectivity index (χ1v) is 5.89. The number of carbonyl (C=O) groups excluding carboxylic acids is 3. The van der Waals surface area contributed by atoms with Crippen LogP contribution in [-0.4, -0.2) is 31.3 Å². The summed E-state index contributed by atoms with van der Waals surface area (Å²) in [4.78, 5) is 33.5. The van der Waals surface area contributed by atoms with E-state index < -0.39 is 0 Å². The predicted octanol–water partition coefficient (Wildman–Crippen LogP) is 1.15. The third kappa shape index (κ3) is 5.20. The third-order valence-corrected chi connectivity index (χ3v) is 2.47. The van der Waals surface area contributed by atoms with Crippen molar-refractivity contribution in [1.82, 2.24) is 10.6 Å². The number of rotatable bonds is 5. The van der Waals surface area contributed by atoms with Crippen molar-refractivity contribution in [2.45, 2.75) is 13.3 Å². The van der Waals surface area contributed by atoms with Crippen LogP contribution in [0.5, 0.6) is 0 Å². The maximum atomic E-state index is 11.5. The van der Waals surface area contributed by atoms with Crippen LogP contribution in [0.2, 0.25) is 0 Å². The molecular weight excluding hydrogens is 246 g/mol. The van der Waals surface area contributed by atoms with Crippen LogP contribution in [0.15, 0.2) is 24.3 Å². The zero-order valence-electron chi connectivity index (χ0n) is 10.9. The molecule has 0 saturated carbocycles. The van der Waals surface area contributed by atoms with Crippen LogP contribution >= 0.6 is 0 Å². The van der Waals surface area contributed by atoms with Crippen molar-refractivity contribution in [2.24, 2.45) is 0 Å². The maximum Gasteiger partial charge on any atom is 0.319 e. The van der Waals surface area contributed by atoms with Crippen LogP contribution in [0.25, 0.3) is 0 Å². The highest BCUT2D eigenvalue weighted by molar-refractivity contribution is 5.95. The fourth-order valence-corrected chi connectivity index (χ4v) is 1.38. The lowest BCUT2D eigenvalue weighted by molar-refractivity contribution is -0.120. The van der Waals surface area contributed by atoms with Gasteiger partial charge in [0.1, 0.15) is 0 Å². The molecule has 6 heteroatoms. The van der Waals surface area contributed by atoms with Crippen molar-refractivity contribution in [3.8, 4) is 0 Å². The molecule has 6 nitrogen and oxygen atoms in total. The molecule has 1 aromatic carbocycles. The molecule has 0 aliphatic rings. The van der Waals surface area contributed by atoms with Gasteiger partial charge in [0.2, 0.25) is 5.91 Å². The van der Waals surface area contributed by atoms with Gasteiger partial charge in [0.25, 0.3) is 0 Å². The lowest BCUT2D eigenvalue weighted by Crippen LogP contribution is -2.32. The molecule has 0 saturated heterocycles. The van der Waals surface area contributed by atoms with E-state index in [1.807, 2.05) is 0 Å². The highest BCUT2D eigenvalue weighted by atomic mass is 16.2. The number of urea groups is 1. The molecule has 0 aliphatic carbocycles. The summed E-state index contributed by atoms with van der Waals surface area (Å²) >= 11 is 0. The van der Waals surface area contributed by atoms with Gasteiger partial charge in [-0.25, -0.2) is 4.79 Å². The van der Waals surface area contributed by atoms with Gasteiger partial charge in [-0.3, -0.25) is 9.59 Å². The first kappa shape index (κ1) is 14.7. The van der Waals surface area contributed by atoms with Crippen molar-refractivity contribution in [3.63, 3.8) is 0 Å².